The van der Waals surface area contributed by atoms with E-state index in [1.807, 2.05) is 0 Å². The average molecular weight is 572 g/mol. The van der Waals surface area contributed by atoms with Crippen LogP contribution in [0.3, 0.4) is 0 Å². The van der Waals surface area contributed by atoms with E-state index < -0.39 is 11.8 Å². The summed E-state index contributed by atoms with van der Waals surface area (Å²) in [5.41, 5.74) is 2.21. The second-order valence-electron chi connectivity index (χ2n) is 8.45. The van der Waals surface area contributed by atoms with Crippen molar-refractivity contribution in [1.82, 2.24) is 5.32 Å². The van der Waals surface area contributed by atoms with Gasteiger partial charge in [-0.1, -0.05) is 54.1 Å². The Balaban J connectivity index is 1.40. The van der Waals surface area contributed by atoms with Crippen molar-refractivity contribution in [3.05, 3.63) is 125 Å². The van der Waals surface area contributed by atoms with Crippen LogP contribution in [-0.4, -0.2) is 30.6 Å². The maximum absolute atomic E-state index is 13.2. The molecule has 0 fully saturated rings. The lowest BCUT2D eigenvalue weighted by Gasteiger charge is -2.12. The number of thioether (sulfide) groups is 1. The maximum atomic E-state index is 13.2. The second kappa shape index (κ2) is 14.0. The normalized spacial score (nSPS) is 10.9. The number of carbonyl (C=O) groups excluding carboxylic acids is 3. The summed E-state index contributed by atoms with van der Waals surface area (Å²) in [7, 11) is 1.57. The minimum absolute atomic E-state index is 0.0367. The number of anilines is 2. The van der Waals surface area contributed by atoms with Crippen molar-refractivity contribution in [2.75, 3.05) is 23.5 Å². The number of methoxy groups -OCH3 is 1. The number of halogens is 1. The predicted molar refractivity (Wildman–Crippen MR) is 161 cm³/mol. The number of rotatable bonds is 10. The zero-order valence-corrected chi connectivity index (χ0v) is 23.1. The standard InChI is InChI=1S/C31H26ClN3O4S/c1-39-25-12-7-11-24(19-25)33-29(36)20-40-26-16-14-23(15-17-26)34-31(38)28(18-22-10-5-6-13-27(22)32)35-30(37)21-8-3-2-4-9-21/h2-19H,20H2,1H3,(H,33,36)(H,34,38)(H,35,37)/b28-18-. The first-order valence-corrected chi connectivity index (χ1v) is 13.6. The smallest absolute Gasteiger partial charge is 0.272 e. The zero-order valence-electron chi connectivity index (χ0n) is 21.5. The summed E-state index contributed by atoms with van der Waals surface area (Å²) in [5, 5.41) is 8.79. The van der Waals surface area contributed by atoms with E-state index in [1.54, 1.807) is 110 Å². The number of nitrogens with one attached hydrogen (secondary N) is 3. The van der Waals surface area contributed by atoms with E-state index in [1.165, 1.54) is 17.8 Å². The molecule has 4 aromatic carbocycles. The lowest BCUT2D eigenvalue weighted by Crippen LogP contribution is -2.30. The lowest BCUT2D eigenvalue weighted by atomic mass is 10.1. The van der Waals surface area contributed by atoms with Crippen LogP contribution < -0.4 is 20.7 Å². The third-order valence-corrected chi connectivity index (χ3v) is 6.93. The third kappa shape index (κ3) is 8.23. The van der Waals surface area contributed by atoms with Crippen molar-refractivity contribution in [3.63, 3.8) is 0 Å². The van der Waals surface area contributed by atoms with Crippen LogP contribution in [0.1, 0.15) is 15.9 Å². The Labute approximate surface area is 241 Å². The van der Waals surface area contributed by atoms with E-state index in [0.717, 1.165) is 4.90 Å². The fourth-order valence-corrected chi connectivity index (χ4v) is 4.46. The first kappa shape index (κ1) is 28.5. The Kier molecular flexibility index (Phi) is 9.99. The molecule has 0 saturated carbocycles. The van der Waals surface area contributed by atoms with Crippen LogP contribution in [0.25, 0.3) is 6.08 Å². The molecule has 0 aliphatic rings. The van der Waals surface area contributed by atoms with Crippen molar-refractivity contribution < 1.29 is 19.1 Å². The van der Waals surface area contributed by atoms with E-state index in [-0.39, 0.29) is 17.4 Å². The van der Waals surface area contributed by atoms with Crippen LogP contribution in [0.2, 0.25) is 5.02 Å². The molecule has 0 radical (unpaired) electrons. The molecule has 202 valence electrons. The molecule has 0 aromatic heterocycles. The molecular formula is C31H26ClN3O4S. The molecule has 0 aliphatic carbocycles. The van der Waals surface area contributed by atoms with Gasteiger partial charge in [0.1, 0.15) is 11.4 Å². The molecule has 0 unspecified atom stereocenters. The van der Waals surface area contributed by atoms with Gasteiger partial charge in [-0.05, 0) is 66.2 Å². The fraction of sp³-hybridized carbons (Fsp3) is 0.0645. The Morgan fingerprint density at radius 1 is 0.825 bits per heavy atom. The minimum atomic E-state index is -0.512. The number of carbonyl (C=O) groups is 3. The third-order valence-electron chi connectivity index (χ3n) is 5.57. The Bertz CT molecular complexity index is 1530. The summed E-state index contributed by atoms with van der Waals surface area (Å²) < 4.78 is 5.18. The van der Waals surface area contributed by atoms with Gasteiger partial charge < -0.3 is 20.7 Å². The van der Waals surface area contributed by atoms with Crippen LogP contribution in [0.5, 0.6) is 5.75 Å². The topological polar surface area (TPSA) is 96.5 Å². The van der Waals surface area contributed by atoms with E-state index in [9.17, 15) is 14.4 Å². The highest BCUT2D eigenvalue weighted by Crippen LogP contribution is 2.23. The van der Waals surface area contributed by atoms with Gasteiger partial charge in [0.05, 0.1) is 12.9 Å². The molecule has 7 nitrogen and oxygen atoms in total. The summed E-state index contributed by atoms with van der Waals surface area (Å²) in [6, 6.07) is 29.9. The van der Waals surface area contributed by atoms with Crippen LogP contribution in [-0.2, 0) is 9.59 Å². The van der Waals surface area contributed by atoms with E-state index in [4.69, 9.17) is 16.3 Å². The second-order valence-corrected chi connectivity index (χ2v) is 9.90. The van der Waals surface area contributed by atoms with Gasteiger partial charge in [0.25, 0.3) is 11.8 Å². The number of benzene rings is 4. The highest BCUT2D eigenvalue weighted by Gasteiger charge is 2.16. The summed E-state index contributed by atoms with van der Waals surface area (Å²) >= 11 is 7.65. The first-order valence-electron chi connectivity index (χ1n) is 12.2. The molecule has 0 aliphatic heterocycles. The molecule has 4 aromatic rings. The summed E-state index contributed by atoms with van der Waals surface area (Å²) in [5.74, 6) is -0.221. The molecular weight excluding hydrogens is 546 g/mol. The number of ether oxygens (including phenoxy) is 1. The number of hydrogen-bond acceptors (Lipinski definition) is 5. The molecule has 0 heterocycles. The van der Waals surface area contributed by atoms with Gasteiger partial charge in [0.2, 0.25) is 5.91 Å². The Morgan fingerprint density at radius 2 is 1.55 bits per heavy atom. The molecule has 3 N–H and O–H groups in total. The maximum Gasteiger partial charge on any atom is 0.272 e. The predicted octanol–water partition coefficient (Wildman–Crippen LogP) is 6.49. The molecule has 0 bridgehead atoms. The van der Waals surface area contributed by atoms with Crippen LogP contribution in [0.15, 0.2) is 114 Å². The van der Waals surface area contributed by atoms with Crippen molar-refractivity contribution >= 4 is 58.5 Å². The molecule has 3 amide bonds. The largest absolute Gasteiger partial charge is 0.497 e. The Hall–Kier alpha value is -4.53. The first-order chi connectivity index (χ1) is 19.4. The lowest BCUT2D eigenvalue weighted by molar-refractivity contribution is -0.114. The highest BCUT2D eigenvalue weighted by atomic mass is 35.5. The number of amides is 3. The van der Waals surface area contributed by atoms with E-state index in [0.29, 0.717) is 33.3 Å². The molecule has 0 spiro atoms. The zero-order chi connectivity index (χ0) is 28.3. The van der Waals surface area contributed by atoms with Crippen molar-refractivity contribution in [2.45, 2.75) is 4.90 Å². The SMILES string of the molecule is COc1cccc(NC(=O)CSc2ccc(NC(=O)/C(=C/c3ccccc3Cl)NC(=O)c3ccccc3)cc2)c1. The molecule has 40 heavy (non-hydrogen) atoms. The summed E-state index contributed by atoms with van der Waals surface area (Å²) in [6.07, 6.45) is 1.53. The van der Waals surface area contributed by atoms with Crippen LogP contribution in [0.4, 0.5) is 11.4 Å². The minimum Gasteiger partial charge on any atom is -0.497 e. The average Bonchev–Trinajstić information content (AvgIpc) is 2.98. The molecule has 0 saturated heterocycles. The highest BCUT2D eigenvalue weighted by molar-refractivity contribution is 8.00. The van der Waals surface area contributed by atoms with Crippen molar-refractivity contribution in [2.24, 2.45) is 0 Å². The quantitative estimate of drug-likeness (QED) is 0.149. The van der Waals surface area contributed by atoms with Gasteiger partial charge in [-0.15, -0.1) is 11.8 Å². The monoisotopic (exact) mass is 571 g/mol. The molecule has 9 heteroatoms. The van der Waals surface area contributed by atoms with Crippen molar-refractivity contribution in [3.8, 4) is 5.75 Å². The van der Waals surface area contributed by atoms with Gasteiger partial charge in [0.15, 0.2) is 0 Å². The molecule has 4 rings (SSSR count). The van der Waals surface area contributed by atoms with E-state index >= 15 is 0 Å². The summed E-state index contributed by atoms with van der Waals surface area (Å²) in [4.78, 5) is 39.2. The van der Waals surface area contributed by atoms with Gasteiger partial charge in [-0.2, -0.15) is 0 Å². The van der Waals surface area contributed by atoms with Crippen LogP contribution >= 0.6 is 23.4 Å². The fourth-order valence-electron chi connectivity index (χ4n) is 3.57. The number of hydrogen-bond donors (Lipinski definition) is 3. The van der Waals surface area contributed by atoms with Gasteiger partial charge in [0, 0.05) is 32.9 Å². The summed E-state index contributed by atoms with van der Waals surface area (Å²) in [6.45, 7) is 0. The van der Waals surface area contributed by atoms with E-state index in [2.05, 4.69) is 16.0 Å². The van der Waals surface area contributed by atoms with Gasteiger partial charge >= 0.3 is 0 Å². The van der Waals surface area contributed by atoms with Crippen molar-refractivity contribution in [1.29, 1.82) is 0 Å². The van der Waals surface area contributed by atoms with Crippen LogP contribution in [0, 0.1) is 0 Å². The van der Waals surface area contributed by atoms with Gasteiger partial charge in [-0.25, -0.2) is 0 Å². The molecule has 0 atom stereocenters. The van der Waals surface area contributed by atoms with Gasteiger partial charge in [-0.3, -0.25) is 14.4 Å². The Morgan fingerprint density at radius 3 is 2.27 bits per heavy atom.